The summed E-state index contributed by atoms with van der Waals surface area (Å²) in [5.41, 5.74) is 4.88. The van der Waals surface area contributed by atoms with Gasteiger partial charge >= 0.3 is 0 Å². The molecule has 0 unspecified atom stereocenters. The summed E-state index contributed by atoms with van der Waals surface area (Å²) in [5.74, 6) is 0.901. The van der Waals surface area contributed by atoms with Crippen LogP contribution in [0.25, 0.3) is 11.0 Å². The Hall–Kier alpha value is -2.67. The fraction of sp³-hybridized carbons (Fsp3) is 0.353. The topological polar surface area (TPSA) is 104 Å². The van der Waals surface area contributed by atoms with Crippen LogP contribution in [0.4, 0.5) is 0 Å². The average molecular weight is 328 g/mol. The highest BCUT2D eigenvalue weighted by molar-refractivity contribution is 5.93. The molecule has 0 bridgehead atoms. The molecular formula is C17H20N4O3. The minimum atomic E-state index is -0.362. The third-order valence-electron chi connectivity index (χ3n) is 4.15. The van der Waals surface area contributed by atoms with Crippen molar-refractivity contribution in [3.8, 4) is 0 Å². The maximum Gasteiger partial charge on any atom is 0.273 e. The van der Waals surface area contributed by atoms with E-state index in [0.29, 0.717) is 24.3 Å². The van der Waals surface area contributed by atoms with Gasteiger partial charge in [-0.2, -0.15) is 0 Å². The molecule has 0 radical (unpaired) electrons. The lowest BCUT2D eigenvalue weighted by Crippen LogP contribution is -2.27. The van der Waals surface area contributed by atoms with Gasteiger partial charge in [0.05, 0.1) is 23.2 Å². The van der Waals surface area contributed by atoms with Crippen LogP contribution in [0.1, 0.15) is 38.8 Å². The van der Waals surface area contributed by atoms with Crippen molar-refractivity contribution in [2.45, 2.75) is 33.8 Å². The number of fused-ring (bicyclic) bond motifs is 1. The van der Waals surface area contributed by atoms with Crippen LogP contribution < -0.4 is 5.32 Å². The molecule has 0 saturated heterocycles. The zero-order valence-electron chi connectivity index (χ0n) is 13.9. The van der Waals surface area contributed by atoms with Gasteiger partial charge in [0.2, 0.25) is 0 Å². The lowest BCUT2D eigenvalue weighted by atomic mass is 10.1. The molecule has 3 rings (SSSR count). The molecule has 0 saturated carbocycles. The van der Waals surface area contributed by atoms with Crippen molar-refractivity contribution in [3.63, 3.8) is 0 Å². The number of aliphatic hydroxyl groups excluding tert-OH is 1. The van der Waals surface area contributed by atoms with Gasteiger partial charge in [0, 0.05) is 13.0 Å². The first kappa shape index (κ1) is 16.2. The van der Waals surface area contributed by atoms with Crippen molar-refractivity contribution >= 4 is 16.9 Å². The van der Waals surface area contributed by atoms with Crippen LogP contribution >= 0.6 is 0 Å². The standard InChI is InChI=1S/C17H20N4O3/c1-9-6-13-14(7-10(9)2)20-15(19-13)4-5-18-17(23)16-12(8-22)11(3)24-21-16/h6-7,22H,4-5,8H2,1-3H3,(H,18,23)(H,19,20). The third-order valence-corrected chi connectivity index (χ3v) is 4.15. The lowest BCUT2D eigenvalue weighted by Gasteiger charge is -2.02. The third kappa shape index (κ3) is 3.03. The van der Waals surface area contributed by atoms with Gasteiger partial charge < -0.3 is 19.9 Å². The van der Waals surface area contributed by atoms with Crippen LogP contribution in [0.3, 0.4) is 0 Å². The van der Waals surface area contributed by atoms with Crippen LogP contribution in [0.2, 0.25) is 0 Å². The van der Waals surface area contributed by atoms with Gasteiger partial charge in [0.15, 0.2) is 5.69 Å². The molecule has 0 fully saturated rings. The van der Waals surface area contributed by atoms with Crippen molar-refractivity contribution in [1.29, 1.82) is 0 Å². The highest BCUT2D eigenvalue weighted by Gasteiger charge is 2.18. The average Bonchev–Trinajstić information content (AvgIpc) is 3.10. The Kier molecular flexibility index (Phi) is 4.35. The molecule has 0 atom stereocenters. The summed E-state index contributed by atoms with van der Waals surface area (Å²) >= 11 is 0. The number of aromatic amines is 1. The van der Waals surface area contributed by atoms with Gasteiger partial charge in [-0.3, -0.25) is 4.79 Å². The molecular weight excluding hydrogens is 308 g/mol. The minimum absolute atomic E-state index is 0.130. The molecule has 126 valence electrons. The Balaban J connectivity index is 1.65. The smallest absolute Gasteiger partial charge is 0.273 e. The predicted octanol–water partition coefficient (Wildman–Crippen LogP) is 1.94. The quantitative estimate of drug-likeness (QED) is 0.664. The number of nitrogens with one attached hydrogen (secondary N) is 2. The zero-order chi connectivity index (χ0) is 17.3. The van der Waals surface area contributed by atoms with E-state index in [2.05, 4.69) is 46.4 Å². The largest absolute Gasteiger partial charge is 0.391 e. The molecule has 24 heavy (non-hydrogen) atoms. The number of rotatable bonds is 5. The van der Waals surface area contributed by atoms with Crippen molar-refractivity contribution in [3.05, 3.63) is 46.1 Å². The van der Waals surface area contributed by atoms with E-state index in [1.807, 2.05) is 0 Å². The molecule has 2 aromatic heterocycles. The summed E-state index contributed by atoms with van der Waals surface area (Å²) in [6.45, 7) is 5.91. The summed E-state index contributed by atoms with van der Waals surface area (Å²) in [6.07, 6.45) is 0.573. The number of aliphatic hydroxyl groups is 1. The van der Waals surface area contributed by atoms with Crippen LogP contribution in [0.5, 0.6) is 0 Å². The molecule has 0 spiro atoms. The van der Waals surface area contributed by atoms with Crippen molar-refractivity contribution in [1.82, 2.24) is 20.4 Å². The summed E-state index contributed by atoms with van der Waals surface area (Å²) in [5, 5.41) is 15.7. The Bertz CT molecular complexity index is 856. The second kappa shape index (κ2) is 6.45. The molecule has 0 aliphatic carbocycles. The molecule has 1 amide bonds. The van der Waals surface area contributed by atoms with Crippen molar-refractivity contribution in [2.24, 2.45) is 0 Å². The summed E-state index contributed by atoms with van der Waals surface area (Å²) in [4.78, 5) is 19.9. The number of hydrogen-bond donors (Lipinski definition) is 3. The first-order chi connectivity index (χ1) is 11.5. The predicted molar refractivity (Wildman–Crippen MR) is 88.8 cm³/mol. The second-order valence-corrected chi connectivity index (χ2v) is 5.87. The van der Waals surface area contributed by atoms with Gasteiger partial charge in [-0.15, -0.1) is 0 Å². The van der Waals surface area contributed by atoms with Crippen LogP contribution in [-0.2, 0) is 13.0 Å². The molecule has 7 heteroatoms. The second-order valence-electron chi connectivity index (χ2n) is 5.87. The number of benzene rings is 1. The molecule has 3 N–H and O–H groups in total. The SMILES string of the molecule is Cc1cc2nc(CCNC(=O)c3noc(C)c3CO)[nH]c2cc1C. The molecule has 3 aromatic rings. The van der Waals surface area contributed by atoms with Gasteiger partial charge in [-0.05, 0) is 44.0 Å². The minimum Gasteiger partial charge on any atom is -0.391 e. The number of aromatic nitrogens is 3. The number of carbonyl (C=O) groups is 1. The van der Waals surface area contributed by atoms with Gasteiger partial charge in [0.1, 0.15) is 11.6 Å². The van der Waals surface area contributed by atoms with Crippen molar-refractivity contribution in [2.75, 3.05) is 6.54 Å². The zero-order valence-corrected chi connectivity index (χ0v) is 13.9. The number of imidazole rings is 1. The van der Waals surface area contributed by atoms with Crippen LogP contribution in [0.15, 0.2) is 16.7 Å². The highest BCUT2D eigenvalue weighted by Crippen LogP contribution is 2.17. The number of aryl methyl sites for hydroxylation is 3. The molecule has 1 aromatic carbocycles. The fourth-order valence-corrected chi connectivity index (χ4v) is 2.57. The van der Waals surface area contributed by atoms with E-state index in [-0.39, 0.29) is 18.2 Å². The van der Waals surface area contributed by atoms with Crippen molar-refractivity contribution < 1.29 is 14.4 Å². The Morgan fingerprint density at radius 2 is 2.04 bits per heavy atom. The van der Waals surface area contributed by atoms with E-state index in [4.69, 9.17) is 4.52 Å². The van der Waals surface area contributed by atoms with E-state index in [9.17, 15) is 9.90 Å². The monoisotopic (exact) mass is 328 g/mol. The Labute approximate surface area is 139 Å². The van der Waals surface area contributed by atoms with Gasteiger partial charge in [-0.25, -0.2) is 4.98 Å². The lowest BCUT2D eigenvalue weighted by molar-refractivity contribution is 0.0942. The molecule has 7 nitrogen and oxygen atoms in total. The number of amides is 1. The fourth-order valence-electron chi connectivity index (χ4n) is 2.57. The van der Waals surface area contributed by atoms with E-state index in [0.717, 1.165) is 16.9 Å². The maximum atomic E-state index is 12.1. The van der Waals surface area contributed by atoms with Crippen LogP contribution in [0, 0.1) is 20.8 Å². The molecule has 0 aliphatic rings. The van der Waals surface area contributed by atoms with E-state index in [1.54, 1.807) is 6.92 Å². The number of nitrogens with zero attached hydrogens (tertiary/aromatic N) is 2. The van der Waals surface area contributed by atoms with Gasteiger partial charge in [-0.1, -0.05) is 5.16 Å². The summed E-state index contributed by atoms with van der Waals surface area (Å²) in [7, 11) is 0. The number of carbonyl (C=O) groups excluding carboxylic acids is 1. The van der Waals surface area contributed by atoms with Gasteiger partial charge in [0.25, 0.3) is 5.91 Å². The maximum absolute atomic E-state index is 12.1. The molecule has 0 aliphatic heterocycles. The molecule has 2 heterocycles. The summed E-state index contributed by atoms with van der Waals surface area (Å²) < 4.78 is 4.95. The first-order valence-corrected chi connectivity index (χ1v) is 7.79. The Morgan fingerprint density at radius 3 is 2.79 bits per heavy atom. The first-order valence-electron chi connectivity index (χ1n) is 7.79. The summed E-state index contributed by atoms with van der Waals surface area (Å²) in [6, 6.07) is 4.13. The number of H-pyrrole nitrogens is 1. The number of hydrogen-bond acceptors (Lipinski definition) is 5. The normalized spacial score (nSPS) is 11.2. The highest BCUT2D eigenvalue weighted by atomic mass is 16.5. The van der Waals surface area contributed by atoms with E-state index < -0.39 is 0 Å². The van der Waals surface area contributed by atoms with E-state index in [1.165, 1.54) is 11.1 Å². The van der Waals surface area contributed by atoms with E-state index >= 15 is 0 Å². The van der Waals surface area contributed by atoms with Crippen LogP contribution in [-0.4, -0.2) is 32.7 Å². The Morgan fingerprint density at radius 1 is 1.29 bits per heavy atom.